The molecule has 156 valence electrons. The van der Waals surface area contributed by atoms with Gasteiger partial charge in [0.2, 0.25) is 0 Å². The molecule has 2 saturated heterocycles. The Kier molecular flexibility index (Phi) is 6.66. The van der Waals surface area contributed by atoms with Gasteiger partial charge in [0.15, 0.2) is 9.84 Å². The van der Waals surface area contributed by atoms with Gasteiger partial charge in [0.25, 0.3) is 5.91 Å². The molecule has 0 aliphatic carbocycles. The molecule has 5 nitrogen and oxygen atoms in total. The summed E-state index contributed by atoms with van der Waals surface area (Å²) in [6.45, 7) is 0. The second-order valence-electron chi connectivity index (χ2n) is 7.95. The number of amides is 1. The maximum Gasteiger partial charge on any atom is 0.253 e. The van der Waals surface area contributed by atoms with Crippen LogP contribution in [0.4, 0.5) is 0 Å². The molecule has 29 heavy (non-hydrogen) atoms. The lowest BCUT2D eigenvalue weighted by Crippen LogP contribution is -2.48. The van der Waals surface area contributed by atoms with Crippen molar-refractivity contribution in [3.63, 3.8) is 0 Å². The number of sulfone groups is 1. The van der Waals surface area contributed by atoms with Gasteiger partial charge in [-0.1, -0.05) is 30.3 Å². The number of carbonyl (C=O) groups excluding carboxylic acids is 1. The van der Waals surface area contributed by atoms with E-state index in [2.05, 4.69) is 5.32 Å². The molecule has 2 heterocycles. The lowest BCUT2D eigenvalue weighted by atomic mass is 9.98. The molecule has 2 aromatic carbocycles. The Morgan fingerprint density at radius 1 is 1.03 bits per heavy atom. The van der Waals surface area contributed by atoms with Gasteiger partial charge in [0.1, 0.15) is 0 Å². The number of piperidine rings is 1. The van der Waals surface area contributed by atoms with Crippen molar-refractivity contribution in [2.45, 2.75) is 54.5 Å². The van der Waals surface area contributed by atoms with Crippen LogP contribution in [0.1, 0.15) is 41.6 Å². The van der Waals surface area contributed by atoms with Crippen LogP contribution in [0.3, 0.4) is 0 Å². The third kappa shape index (κ3) is 4.82. The van der Waals surface area contributed by atoms with Crippen LogP contribution in [0.25, 0.3) is 0 Å². The summed E-state index contributed by atoms with van der Waals surface area (Å²) in [6, 6.07) is 16.7. The Balaban J connectivity index is 0.00000240. The third-order valence-corrected chi connectivity index (χ3v) is 7.65. The molecular formula is C22H27ClN2O3S. The molecule has 2 atom stereocenters. The van der Waals surface area contributed by atoms with Crippen LogP contribution in [0.15, 0.2) is 59.5 Å². The highest BCUT2D eigenvalue weighted by Crippen LogP contribution is 2.30. The van der Waals surface area contributed by atoms with Crippen LogP contribution < -0.4 is 5.32 Å². The van der Waals surface area contributed by atoms with E-state index in [1.54, 1.807) is 54.6 Å². The first kappa shape index (κ1) is 21.8. The number of benzene rings is 2. The fourth-order valence-electron chi connectivity index (χ4n) is 4.44. The molecule has 2 unspecified atom stereocenters. The number of hydrogen-bond donors (Lipinski definition) is 1. The second-order valence-corrected chi connectivity index (χ2v) is 9.94. The Labute approximate surface area is 178 Å². The normalized spacial score (nSPS) is 23.3. The largest absolute Gasteiger partial charge is 0.339 e. The van der Waals surface area contributed by atoms with E-state index in [4.69, 9.17) is 0 Å². The van der Waals surface area contributed by atoms with E-state index < -0.39 is 9.84 Å². The van der Waals surface area contributed by atoms with Crippen molar-refractivity contribution in [3.05, 3.63) is 65.7 Å². The fourth-order valence-corrected chi connectivity index (χ4v) is 5.79. The summed E-state index contributed by atoms with van der Waals surface area (Å²) >= 11 is 0. The maximum atomic E-state index is 13.0. The van der Waals surface area contributed by atoms with Crippen LogP contribution in [-0.2, 0) is 15.6 Å². The number of rotatable bonds is 5. The van der Waals surface area contributed by atoms with Gasteiger partial charge in [-0.25, -0.2) is 8.42 Å². The molecule has 7 heteroatoms. The molecule has 2 bridgehead atoms. The smallest absolute Gasteiger partial charge is 0.253 e. The molecule has 0 aromatic heterocycles. The average Bonchev–Trinajstić information content (AvgIpc) is 3.05. The van der Waals surface area contributed by atoms with Crippen molar-refractivity contribution in [2.75, 3.05) is 7.05 Å². The zero-order valence-corrected chi connectivity index (χ0v) is 18.1. The minimum atomic E-state index is -3.44. The average molecular weight is 435 g/mol. The van der Waals surface area contributed by atoms with Crippen LogP contribution in [0, 0.1) is 0 Å². The Morgan fingerprint density at radius 3 is 2.34 bits per heavy atom. The van der Waals surface area contributed by atoms with E-state index in [1.807, 2.05) is 11.9 Å². The van der Waals surface area contributed by atoms with Gasteiger partial charge in [0, 0.05) is 30.7 Å². The molecule has 1 N–H and O–H groups in total. The standard InChI is InChI=1S/C22H26N2O3S.ClH/c1-24(20-13-18-10-11-19(14-20)23-18)22(25)17-7-5-6-16(12-17)15-28(26,27)21-8-3-2-4-9-21;/h2-9,12,18-20,23H,10-11,13-15H2,1H3;1H. The molecule has 0 radical (unpaired) electrons. The van der Waals surface area contributed by atoms with E-state index in [-0.39, 0.29) is 30.1 Å². The Hall–Kier alpha value is -1.89. The van der Waals surface area contributed by atoms with E-state index in [0.29, 0.717) is 28.1 Å². The van der Waals surface area contributed by atoms with Gasteiger partial charge in [-0.15, -0.1) is 12.4 Å². The van der Waals surface area contributed by atoms with E-state index >= 15 is 0 Å². The topological polar surface area (TPSA) is 66.5 Å². The van der Waals surface area contributed by atoms with Gasteiger partial charge in [-0.05, 0) is 55.5 Å². The molecule has 1 amide bonds. The van der Waals surface area contributed by atoms with Crippen molar-refractivity contribution in [3.8, 4) is 0 Å². The number of carbonyl (C=O) groups is 1. The van der Waals surface area contributed by atoms with Crippen LogP contribution in [0.2, 0.25) is 0 Å². The number of fused-ring (bicyclic) bond motifs is 2. The van der Waals surface area contributed by atoms with Crippen molar-refractivity contribution in [2.24, 2.45) is 0 Å². The van der Waals surface area contributed by atoms with Crippen molar-refractivity contribution >= 4 is 28.2 Å². The van der Waals surface area contributed by atoms with Crippen LogP contribution in [-0.4, -0.2) is 44.4 Å². The van der Waals surface area contributed by atoms with Crippen molar-refractivity contribution in [1.82, 2.24) is 10.2 Å². The summed E-state index contributed by atoms with van der Waals surface area (Å²) in [5.41, 5.74) is 1.18. The Morgan fingerprint density at radius 2 is 1.69 bits per heavy atom. The monoisotopic (exact) mass is 434 g/mol. The highest BCUT2D eigenvalue weighted by Gasteiger charge is 2.36. The lowest BCUT2D eigenvalue weighted by Gasteiger charge is -2.35. The SMILES string of the molecule is CN(C(=O)c1cccc(CS(=O)(=O)c2ccccc2)c1)C1CC2CCC(C1)N2.Cl. The molecule has 4 rings (SSSR count). The highest BCUT2D eigenvalue weighted by atomic mass is 35.5. The van der Waals surface area contributed by atoms with Gasteiger partial charge in [-0.2, -0.15) is 0 Å². The first-order valence-electron chi connectivity index (χ1n) is 9.82. The Bertz CT molecular complexity index is 953. The third-order valence-electron chi connectivity index (χ3n) is 5.95. The molecular weight excluding hydrogens is 408 g/mol. The number of nitrogens with zero attached hydrogens (tertiary/aromatic N) is 1. The first-order chi connectivity index (χ1) is 13.4. The molecule has 2 fully saturated rings. The quantitative estimate of drug-likeness (QED) is 0.782. The van der Waals surface area contributed by atoms with Crippen molar-refractivity contribution in [1.29, 1.82) is 0 Å². The summed E-state index contributed by atoms with van der Waals surface area (Å²) in [4.78, 5) is 15.2. The van der Waals surface area contributed by atoms with Crippen molar-refractivity contribution < 1.29 is 13.2 Å². The lowest BCUT2D eigenvalue weighted by molar-refractivity contribution is 0.0681. The summed E-state index contributed by atoms with van der Waals surface area (Å²) in [5.74, 6) is -0.149. The van der Waals surface area contributed by atoms with Crippen LogP contribution in [0.5, 0.6) is 0 Å². The molecule has 2 aliphatic heterocycles. The summed E-state index contributed by atoms with van der Waals surface area (Å²) < 4.78 is 25.3. The molecule has 2 aliphatic rings. The number of halogens is 1. The van der Waals surface area contributed by atoms with E-state index in [9.17, 15) is 13.2 Å². The maximum absolute atomic E-state index is 13.0. The fraction of sp³-hybridized carbons (Fsp3) is 0.409. The van der Waals surface area contributed by atoms with Gasteiger partial charge in [-0.3, -0.25) is 4.79 Å². The molecule has 2 aromatic rings. The number of hydrogen-bond acceptors (Lipinski definition) is 4. The summed E-state index contributed by atoms with van der Waals surface area (Å²) in [6.07, 6.45) is 4.35. The predicted octanol–water partition coefficient (Wildman–Crippen LogP) is 3.44. The zero-order chi connectivity index (χ0) is 19.7. The zero-order valence-electron chi connectivity index (χ0n) is 16.5. The molecule has 0 spiro atoms. The molecule has 0 saturated carbocycles. The van der Waals surface area contributed by atoms with E-state index in [1.165, 1.54) is 12.8 Å². The minimum absolute atomic E-state index is 0. The minimum Gasteiger partial charge on any atom is -0.339 e. The predicted molar refractivity (Wildman–Crippen MR) is 116 cm³/mol. The van der Waals surface area contributed by atoms with Gasteiger partial charge >= 0.3 is 0 Å². The summed E-state index contributed by atoms with van der Waals surface area (Å²) in [5, 5.41) is 3.60. The van der Waals surface area contributed by atoms with Gasteiger partial charge < -0.3 is 10.2 Å². The summed E-state index contributed by atoms with van der Waals surface area (Å²) in [7, 11) is -1.57. The second kappa shape index (κ2) is 8.86. The first-order valence-corrected chi connectivity index (χ1v) is 11.5. The van der Waals surface area contributed by atoms with Crippen LogP contribution >= 0.6 is 12.4 Å². The van der Waals surface area contributed by atoms with E-state index in [0.717, 1.165) is 12.8 Å². The number of nitrogens with one attached hydrogen (secondary N) is 1. The van der Waals surface area contributed by atoms with Gasteiger partial charge in [0.05, 0.1) is 10.6 Å². The highest BCUT2D eigenvalue weighted by molar-refractivity contribution is 7.90.